The van der Waals surface area contributed by atoms with Crippen molar-refractivity contribution >= 4 is 0 Å². The van der Waals surface area contributed by atoms with Gasteiger partial charge >= 0.3 is 0 Å². The van der Waals surface area contributed by atoms with Gasteiger partial charge in [-0.1, -0.05) is 17.3 Å². The summed E-state index contributed by atoms with van der Waals surface area (Å²) in [6, 6.07) is 7.19. The molecule has 1 aromatic heterocycles. The highest BCUT2D eigenvalue weighted by molar-refractivity contribution is 5.39. The number of nitrogens with zero attached hydrogens (tertiary/aromatic N) is 2. The molecule has 0 amide bonds. The largest absolute Gasteiger partial charge is 0.493 e. The van der Waals surface area contributed by atoms with Crippen molar-refractivity contribution < 1.29 is 18.4 Å². The smallest absolute Gasteiger partial charge is 0.258 e. The van der Waals surface area contributed by atoms with Crippen molar-refractivity contribution in [1.29, 1.82) is 0 Å². The van der Waals surface area contributed by atoms with Gasteiger partial charge in [-0.05, 0) is 12.1 Å². The van der Waals surface area contributed by atoms with Crippen molar-refractivity contribution in [2.75, 3.05) is 7.11 Å². The Labute approximate surface area is 97.2 Å². The van der Waals surface area contributed by atoms with E-state index >= 15 is 0 Å². The Bertz CT molecular complexity index is 487. The molecule has 0 aliphatic carbocycles. The lowest BCUT2D eigenvalue weighted by Gasteiger charge is -2.07. The Balaban J connectivity index is 2.01. The van der Waals surface area contributed by atoms with Gasteiger partial charge in [-0.15, -0.1) is 0 Å². The minimum Gasteiger partial charge on any atom is -0.493 e. The van der Waals surface area contributed by atoms with Crippen LogP contribution >= 0.6 is 0 Å². The molecule has 0 fully saturated rings. The van der Waals surface area contributed by atoms with Gasteiger partial charge in [-0.3, -0.25) is 0 Å². The summed E-state index contributed by atoms with van der Waals surface area (Å²) in [5.41, 5.74) is 0. The van der Waals surface area contributed by atoms with Crippen LogP contribution in [0.15, 0.2) is 28.8 Å². The highest BCUT2D eigenvalue weighted by Gasteiger charge is 2.08. The minimum absolute atomic E-state index is 0.0522. The van der Waals surface area contributed by atoms with E-state index in [1.54, 1.807) is 19.2 Å². The predicted octanol–water partition coefficient (Wildman–Crippen LogP) is 2.13. The fourth-order valence-corrected chi connectivity index (χ4v) is 1.28. The standard InChI is InChI=1S/C11H11FN2O3/c1-15-8-4-2-3-5-9(8)16-7-10-13-11(6-12)17-14-10/h2-5H,6-7H2,1H3. The third-order valence-electron chi connectivity index (χ3n) is 2.05. The van der Waals surface area contributed by atoms with Gasteiger partial charge < -0.3 is 14.0 Å². The van der Waals surface area contributed by atoms with Crippen LogP contribution in [0.2, 0.25) is 0 Å². The molecule has 90 valence electrons. The second-order valence-corrected chi connectivity index (χ2v) is 3.18. The van der Waals surface area contributed by atoms with Gasteiger partial charge in [0.2, 0.25) is 5.82 Å². The summed E-state index contributed by atoms with van der Waals surface area (Å²) in [7, 11) is 1.55. The zero-order valence-electron chi connectivity index (χ0n) is 9.22. The summed E-state index contributed by atoms with van der Waals surface area (Å²) in [6.45, 7) is -0.675. The number of ether oxygens (including phenoxy) is 2. The highest BCUT2D eigenvalue weighted by atomic mass is 19.1. The van der Waals surface area contributed by atoms with Crippen molar-refractivity contribution in [2.24, 2.45) is 0 Å². The van der Waals surface area contributed by atoms with E-state index in [1.807, 2.05) is 12.1 Å². The molecule has 2 aromatic rings. The van der Waals surface area contributed by atoms with Crippen LogP contribution in [-0.4, -0.2) is 17.3 Å². The maximum atomic E-state index is 12.2. The second kappa shape index (κ2) is 5.29. The lowest BCUT2D eigenvalue weighted by Crippen LogP contribution is -1.99. The van der Waals surface area contributed by atoms with Crippen LogP contribution in [0.25, 0.3) is 0 Å². The van der Waals surface area contributed by atoms with E-state index in [-0.39, 0.29) is 12.5 Å². The van der Waals surface area contributed by atoms with Gasteiger partial charge in [0.1, 0.15) is 0 Å². The first-order chi connectivity index (χ1) is 8.33. The van der Waals surface area contributed by atoms with E-state index in [0.29, 0.717) is 17.3 Å². The van der Waals surface area contributed by atoms with E-state index in [4.69, 9.17) is 9.47 Å². The number of methoxy groups -OCH3 is 1. The summed E-state index contributed by atoms with van der Waals surface area (Å²) in [4.78, 5) is 3.78. The van der Waals surface area contributed by atoms with E-state index in [0.717, 1.165) is 0 Å². The second-order valence-electron chi connectivity index (χ2n) is 3.18. The van der Waals surface area contributed by atoms with Crippen LogP contribution in [0.3, 0.4) is 0 Å². The van der Waals surface area contributed by atoms with Crippen molar-refractivity contribution in [3.63, 3.8) is 0 Å². The zero-order valence-corrected chi connectivity index (χ0v) is 9.22. The number of hydrogen-bond donors (Lipinski definition) is 0. The number of hydrogen-bond acceptors (Lipinski definition) is 5. The summed E-state index contributed by atoms with van der Waals surface area (Å²) >= 11 is 0. The van der Waals surface area contributed by atoms with Crippen molar-refractivity contribution in [3.05, 3.63) is 36.0 Å². The van der Waals surface area contributed by atoms with Gasteiger partial charge in [0.15, 0.2) is 24.8 Å². The first-order valence-corrected chi connectivity index (χ1v) is 4.96. The Morgan fingerprint density at radius 1 is 1.29 bits per heavy atom. The monoisotopic (exact) mass is 238 g/mol. The number of para-hydroxylation sites is 2. The predicted molar refractivity (Wildman–Crippen MR) is 56.4 cm³/mol. The van der Waals surface area contributed by atoms with Crippen LogP contribution in [0.4, 0.5) is 4.39 Å². The molecule has 0 aliphatic heterocycles. The highest BCUT2D eigenvalue weighted by Crippen LogP contribution is 2.26. The molecular formula is C11H11FN2O3. The molecule has 0 unspecified atom stereocenters. The number of rotatable bonds is 5. The molecule has 0 saturated heterocycles. The van der Waals surface area contributed by atoms with E-state index in [9.17, 15) is 4.39 Å². The van der Waals surface area contributed by atoms with E-state index in [2.05, 4.69) is 14.7 Å². The molecule has 0 saturated carbocycles. The summed E-state index contributed by atoms with van der Waals surface area (Å²) in [5, 5.41) is 3.57. The van der Waals surface area contributed by atoms with Crippen molar-refractivity contribution in [1.82, 2.24) is 10.1 Å². The fourth-order valence-electron chi connectivity index (χ4n) is 1.28. The first-order valence-electron chi connectivity index (χ1n) is 4.96. The third-order valence-corrected chi connectivity index (χ3v) is 2.05. The van der Waals surface area contributed by atoms with Gasteiger partial charge in [0, 0.05) is 0 Å². The summed E-state index contributed by atoms with van der Waals surface area (Å²) in [6.07, 6.45) is 0. The zero-order chi connectivity index (χ0) is 12.1. The molecule has 0 bridgehead atoms. The van der Waals surface area contributed by atoms with Gasteiger partial charge in [0.05, 0.1) is 7.11 Å². The molecule has 5 nitrogen and oxygen atoms in total. The van der Waals surface area contributed by atoms with Crippen molar-refractivity contribution in [3.8, 4) is 11.5 Å². The first kappa shape index (κ1) is 11.4. The Hall–Kier alpha value is -2.11. The van der Waals surface area contributed by atoms with Crippen LogP contribution < -0.4 is 9.47 Å². The molecule has 0 spiro atoms. The molecule has 0 N–H and O–H groups in total. The van der Waals surface area contributed by atoms with E-state index in [1.165, 1.54) is 0 Å². The van der Waals surface area contributed by atoms with Gasteiger partial charge in [-0.25, -0.2) is 4.39 Å². The average molecular weight is 238 g/mol. The van der Waals surface area contributed by atoms with Crippen LogP contribution in [-0.2, 0) is 13.3 Å². The molecule has 1 aromatic carbocycles. The number of benzene rings is 1. The lowest BCUT2D eigenvalue weighted by atomic mass is 10.3. The minimum atomic E-state index is -0.776. The number of halogens is 1. The van der Waals surface area contributed by atoms with Gasteiger partial charge in [-0.2, -0.15) is 4.98 Å². The summed E-state index contributed by atoms with van der Waals surface area (Å²) in [5.74, 6) is 1.43. The maximum Gasteiger partial charge on any atom is 0.258 e. The van der Waals surface area contributed by atoms with Crippen LogP contribution in [0, 0.1) is 0 Å². The third kappa shape index (κ3) is 2.72. The normalized spacial score (nSPS) is 10.2. The Morgan fingerprint density at radius 2 is 2.06 bits per heavy atom. The molecule has 0 aliphatic rings. The molecule has 1 heterocycles. The SMILES string of the molecule is COc1ccccc1OCc1noc(CF)n1. The van der Waals surface area contributed by atoms with Crippen LogP contribution in [0.5, 0.6) is 11.5 Å². The lowest BCUT2D eigenvalue weighted by molar-refractivity contribution is 0.267. The van der Waals surface area contributed by atoms with Gasteiger partial charge in [0.25, 0.3) is 5.89 Å². The Morgan fingerprint density at radius 3 is 2.71 bits per heavy atom. The molecule has 0 atom stereocenters. The quantitative estimate of drug-likeness (QED) is 0.798. The van der Waals surface area contributed by atoms with Crippen molar-refractivity contribution in [2.45, 2.75) is 13.3 Å². The Kier molecular flexibility index (Phi) is 3.54. The molecule has 17 heavy (non-hydrogen) atoms. The average Bonchev–Trinajstić information content (AvgIpc) is 2.84. The fraction of sp³-hybridized carbons (Fsp3) is 0.273. The molecule has 2 rings (SSSR count). The molecular weight excluding hydrogens is 227 g/mol. The molecule has 6 heteroatoms. The van der Waals surface area contributed by atoms with E-state index < -0.39 is 6.67 Å². The number of alkyl halides is 1. The number of aromatic nitrogens is 2. The summed E-state index contributed by atoms with van der Waals surface area (Å²) < 4.78 is 27.3. The maximum absolute atomic E-state index is 12.2. The molecule has 0 radical (unpaired) electrons. The topological polar surface area (TPSA) is 57.4 Å². The van der Waals surface area contributed by atoms with Crippen LogP contribution in [0.1, 0.15) is 11.7 Å².